The molecule has 1 unspecified atom stereocenters. The molecule has 3 aromatic carbocycles. The van der Waals surface area contributed by atoms with Crippen LogP contribution in [0.5, 0.6) is 5.75 Å². The normalized spacial score (nSPS) is 11.6. The first-order valence-corrected chi connectivity index (χ1v) is 10.6. The molecule has 1 N–H and O–H groups in total. The first-order chi connectivity index (χ1) is 12.7. The molecular weight excluding hydrogens is 389 g/mol. The van der Waals surface area contributed by atoms with E-state index in [0.29, 0.717) is 20.7 Å². The van der Waals surface area contributed by atoms with Crippen LogP contribution in [0.2, 0.25) is 5.32 Å². The summed E-state index contributed by atoms with van der Waals surface area (Å²) in [5.41, 5.74) is 2.29. The van der Waals surface area contributed by atoms with E-state index in [2.05, 4.69) is 41.7 Å². The van der Waals surface area contributed by atoms with Crippen molar-refractivity contribution in [2.24, 2.45) is 0 Å². The summed E-state index contributed by atoms with van der Waals surface area (Å²) < 4.78 is 6.53. The number of hydrogen-bond acceptors (Lipinski definition) is 3. The molecule has 3 nitrogen and oxygen atoms in total. The number of benzene rings is 3. The van der Waals surface area contributed by atoms with Gasteiger partial charge in [0.2, 0.25) is 0 Å². The van der Waals surface area contributed by atoms with E-state index in [1.807, 2.05) is 48.5 Å². The fourth-order valence-electron chi connectivity index (χ4n) is 2.59. The molecular formula is C22H21NO2Se. The molecule has 0 spiro atoms. The van der Waals surface area contributed by atoms with Crippen molar-refractivity contribution in [2.45, 2.75) is 18.3 Å². The SMILES string of the molecule is CC(=O)Oc1ccc(C(C[Se]c2ccccc2)Nc2ccccc2)cc1. The summed E-state index contributed by atoms with van der Waals surface area (Å²) in [7, 11) is 0. The van der Waals surface area contributed by atoms with Gasteiger partial charge in [0.25, 0.3) is 0 Å². The van der Waals surface area contributed by atoms with Crippen LogP contribution in [0, 0.1) is 0 Å². The summed E-state index contributed by atoms with van der Waals surface area (Å²) in [6, 6.07) is 28.8. The number of carbonyl (C=O) groups is 1. The fourth-order valence-corrected chi connectivity index (χ4v) is 4.65. The van der Waals surface area contributed by atoms with Crippen LogP contribution in [0.15, 0.2) is 84.9 Å². The molecule has 4 heteroatoms. The zero-order valence-corrected chi connectivity index (χ0v) is 16.3. The van der Waals surface area contributed by atoms with Crippen molar-refractivity contribution in [1.29, 1.82) is 0 Å². The Balaban J connectivity index is 1.76. The third-order valence-corrected chi connectivity index (χ3v) is 6.14. The van der Waals surface area contributed by atoms with Crippen LogP contribution in [0.4, 0.5) is 5.69 Å². The molecule has 0 fully saturated rings. The van der Waals surface area contributed by atoms with Crippen LogP contribution >= 0.6 is 0 Å². The van der Waals surface area contributed by atoms with Gasteiger partial charge in [0, 0.05) is 0 Å². The van der Waals surface area contributed by atoms with E-state index in [1.54, 1.807) is 0 Å². The molecule has 0 saturated heterocycles. The van der Waals surface area contributed by atoms with Gasteiger partial charge in [-0.2, -0.15) is 0 Å². The minimum atomic E-state index is -0.302. The summed E-state index contributed by atoms with van der Waals surface area (Å²) in [6.45, 7) is 1.41. The number of rotatable bonds is 7. The Hall–Kier alpha value is -2.55. The van der Waals surface area contributed by atoms with Crippen molar-refractivity contribution in [3.63, 3.8) is 0 Å². The zero-order chi connectivity index (χ0) is 18.2. The first-order valence-electron chi connectivity index (χ1n) is 8.48. The van der Waals surface area contributed by atoms with Crippen LogP contribution < -0.4 is 14.5 Å². The predicted molar refractivity (Wildman–Crippen MR) is 107 cm³/mol. The van der Waals surface area contributed by atoms with Crippen LogP contribution in [-0.2, 0) is 4.79 Å². The van der Waals surface area contributed by atoms with Gasteiger partial charge in [0.15, 0.2) is 0 Å². The van der Waals surface area contributed by atoms with E-state index in [-0.39, 0.29) is 12.0 Å². The number of ether oxygens (including phenoxy) is 1. The molecule has 3 rings (SSSR count). The summed E-state index contributed by atoms with van der Waals surface area (Å²) >= 11 is 0.363. The van der Waals surface area contributed by atoms with Gasteiger partial charge in [-0.3, -0.25) is 0 Å². The molecule has 0 aliphatic rings. The Bertz CT molecular complexity index is 820. The second-order valence-corrected chi connectivity index (χ2v) is 8.14. The van der Waals surface area contributed by atoms with Gasteiger partial charge in [-0.1, -0.05) is 0 Å². The van der Waals surface area contributed by atoms with E-state index in [4.69, 9.17) is 4.74 Å². The van der Waals surface area contributed by atoms with E-state index in [0.717, 1.165) is 11.0 Å². The van der Waals surface area contributed by atoms with Gasteiger partial charge in [0.05, 0.1) is 0 Å². The number of carbonyl (C=O) groups excluding carboxylic acids is 1. The molecule has 0 aliphatic carbocycles. The number of hydrogen-bond donors (Lipinski definition) is 1. The van der Waals surface area contributed by atoms with E-state index < -0.39 is 0 Å². The maximum atomic E-state index is 11.1. The number of anilines is 1. The van der Waals surface area contributed by atoms with Crippen molar-refractivity contribution in [3.05, 3.63) is 90.5 Å². The monoisotopic (exact) mass is 411 g/mol. The van der Waals surface area contributed by atoms with Gasteiger partial charge < -0.3 is 0 Å². The van der Waals surface area contributed by atoms with Crippen molar-refractivity contribution in [3.8, 4) is 5.75 Å². The van der Waals surface area contributed by atoms with Crippen LogP contribution in [0.3, 0.4) is 0 Å². The van der Waals surface area contributed by atoms with Gasteiger partial charge in [-0.15, -0.1) is 0 Å². The Morgan fingerprint density at radius 1 is 0.923 bits per heavy atom. The van der Waals surface area contributed by atoms with Crippen molar-refractivity contribution >= 4 is 31.1 Å². The van der Waals surface area contributed by atoms with Crippen LogP contribution in [0.25, 0.3) is 0 Å². The molecule has 0 radical (unpaired) electrons. The predicted octanol–water partition coefficient (Wildman–Crippen LogP) is 4.21. The maximum absolute atomic E-state index is 11.1. The van der Waals surface area contributed by atoms with E-state index in [9.17, 15) is 4.79 Å². The zero-order valence-electron chi connectivity index (χ0n) is 14.6. The standard InChI is InChI=1S/C22H21NO2Se/c1-17(24)25-20-14-12-18(13-15-20)22(23-19-8-4-2-5-9-19)16-26-21-10-6-3-7-11-21/h2-15,22-23H,16H2,1H3. The minimum absolute atomic E-state index is 0.198. The second kappa shape index (κ2) is 9.23. The Morgan fingerprint density at radius 3 is 2.15 bits per heavy atom. The molecule has 1 atom stereocenters. The number of esters is 1. The van der Waals surface area contributed by atoms with Gasteiger partial charge in [0.1, 0.15) is 0 Å². The third-order valence-electron chi connectivity index (χ3n) is 3.82. The molecule has 0 saturated carbocycles. The molecule has 0 bridgehead atoms. The van der Waals surface area contributed by atoms with E-state index in [1.165, 1.54) is 16.9 Å². The molecule has 0 heterocycles. The van der Waals surface area contributed by atoms with Crippen molar-refractivity contribution in [1.82, 2.24) is 0 Å². The van der Waals surface area contributed by atoms with Crippen molar-refractivity contribution in [2.75, 3.05) is 5.32 Å². The van der Waals surface area contributed by atoms with Crippen LogP contribution in [0.1, 0.15) is 18.5 Å². The first kappa shape index (κ1) is 18.2. The quantitative estimate of drug-likeness (QED) is 0.360. The summed E-state index contributed by atoms with van der Waals surface area (Å²) in [5.74, 6) is 0.275. The van der Waals surface area contributed by atoms with Crippen molar-refractivity contribution < 1.29 is 9.53 Å². The average Bonchev–Trinajstić information content (AvgIpc) is 2.67. The topological polar surface area (TPSA) is 38.3 Å². The Morgan fingerprint density at radius 2 is 1.54 bits per heavy atom. The summed E-state index contributed by atoms with van der Waals surface area (Å²) in [5, 5.41) is 4.66. The third kappa shape index (κ3) is 5.48. The van der Waals surface area contributed by atoms with Crippen LogP contribution in [-0.4, -0.2) is 20.9 Å². The average molecular weight is 410 g/mol. The number of nitrogens with one attached hydrogen (secondary N) is 1. The summed E-state index contributed by atoms with van der Waals surface area (Å²) in [4.78, 5) is 11.1. The Kier molecular flexibility index (Phi) is 6.48. The van der Waals surface area contributed by atoms with Gasteiger partial charge in [-0.05, 0) is 0 Å². The Labute approximate surface area is 160 Å². The molecule has 3 aromatic rings. The summed E-state index contributed by atoms with van der Waals surface area (Å²) in [6.07, 6.45) is 0. The molecule has 26 heavy (non-hydrogen) atoms. The van der Waals surface area contributed by atoms with Gasteiger partial charge >= 0.3 is 160 Å². The molecule has 0 aromatic heterocycles. The van der Waals surface area contributed by atoms with E-state index >= 15 is 0 Å². The van der Waals surface area contributed by atoms with Gasteiger partial charge in [-0.25, -0.2) is 0 Å². The molecule has 0 aliphatic heterocycles. The fraction of sp³-hybridized carbons (Fsp3) is 0.136. The molecule has 132 valence electrons. The second-order valence-electron chi connectivity index (χ2n) is 5.85. The molecule has 0 amide bonds. The number of para-hydroxylation sites is 1.